The third kappa shape index (κ3) is 5.02. The van der Waals surface area contributed by atoms with Crippen molar-refractivity contribution in [1.29, 1.82) is 0 Å². The Labute approximate surface area is 215 Å². The second-order valence-corrected chi connectivity index (χ2v) is 8.41. The molecule has 0 radical (unpaired) electrons. The number of hydrogen-bond donors (Lipinski definition) is 4. The van der Waals surface area contributed by atoms with Crippen molar-refractivity contribution >= 4 is 41.6 Å². The molecule has 0 saturated heterocycles. The second kappa shape index (κ2) is 10.5. The number of aryl methyl sites for hydroxylation is 2. The second-order valence-electron chi connectivity index (χ2n) is 7.60. The normalized spacial score (nSPS) is 10.8. The molecule has 0 saturated carbocycles. The highest BCUT2D eigenvalue weighted by Gasteiger charge is 2.29. The first-order chi connectivity index (χ1) is 16.2. The molecule has 4 aromatic rings. The van der Waals surface area contributed by atoms with E-state index in [0.717, 1.165) is 0 Å². The number of hydrogen-bond acceptors (Lipinski definition) is 5. The summed E-state index contributed by atoms with van der Waals surface area (Å²) in [4.78, 5) is 37.9. The maximum atomic E-state index is 12.6. The number of aromatic amines is 4. The van der Waals surface area contributed by atoms with Gasteiger partial charge in [-0.05, 0) is 49.7 Å². The number of carbonyl (C=O) groups is 1. The van der Waals surface area contributed by atoms with Gasteiger partial charge in [-0.1, -0.05) is 29.3 Å². The van der Waals surface area contributed by atoms with Crippen LogP contribution in [-0.2, 0) is 0 Å². The van der Waals surface area contributed by atoms with E-state index in [1.165, 1.54) is 25.3 Å². The number of halogens is 3. The maximum Gasteiger partial charge on any atom is 0.343 e. The molecular weight excluding hydrogens is 519 g/mol. The minimum Gasteiger partial charge on any atom is -0.493 e. The Hall–Kier alpha value is -3.40. The average molecular weight is 540 g/mol. The molecule has 0 atom stereocenters. The van der Waals surface area contributed by atoms with Gasteiger partial charge in [-0.2, -0.15) is 0 Å². The van der Waals surface area contributed by atoms with Gasteiger partial charge in [0.1, 0.15) is 0 Å². The first kappa shape index (κ1) is 26.2. The van der Waals surface area contributed by atoms with Gasteiger partial charge in [-0.15, -0.1) is 12.4 Å². The zero-order valence-corrected chi connectivity index (χ0v) is 21.1. The lowest BCUT2D eigenvalue weighted by molar-refractivity contribution is 0.0729. The summed E-state index contributed by atoms with van der Waals surface area (Å²) in [6.45, 7) is 3.47. The quantitative estimate of drug-likeness (QED) is 0.212. The Kier molecular flexibility index (Phi) is 7.84. The standard InChI is InChI=1S/C23H20Cl2N4O5.ClH/c1-10-18(21(30)28-26-10)20(19-11(2)27-29-22(19)31)12-5-7-16(17(9-12)33-3)34-23(32)13-4-6-14(24)15(25)8-13;/h4-9,20H,1-3H3,(H2,26,28,30)(H2,27,29,31);1H. The lowest BCUT2D eigenvalue weighted by Gasteiger charge is -2.18. The fourth-order valence-corrected chi connectivity index (χ4v) is 4.11. The van der Waals surface area contributed by atoms with Crippen LogP contribution in [0.5, 0.6) is 11.5 Å². The van der Waals surface area contributed by atoms with Gasteiger partial charge in [0.05, 0.1) is 33.8 Å². The Morgan fingerprint density at radius 2 is 1.43 bits per heavy atom. The van der Waals surface area contributed by atoms with Crippen molar-refractivity contribution in [2.45, 2.75) is 19.8 Å². The van der Waals surface area contributed by atoms with Crippen LogP contribution in [0.15, 0.2) is 46.0 Å². The van der Waals surface area contributed by atoms with Crippen molar-refractivity contribution in [3.63, 3.8) is 0 Å². The average Bonchev–Trinajstić information content (AvgIpc) is 3.32. The summed E-state index contributed by atoms with van der Waals surface area (Å²) in [5.41, 5.74) is 2.04. The molecular formula is C23H21Cl3N4O5. The summed E-state index contributed by atoms with van der Waals surface area (Å²) in [5.74, 6) is -0.971. The number of nitrogens with one attached hydrogen (secondary N) is 4. The van der Waals surface area contributed by atoms with E-state index in [4.69, 9.17) is 32.7 Å². The largest absolute Gasteiger partial charge is 0.493 e. The van der Waals surface area contributed by atoms with Gasteiger partial charge in [0.2, 0.25) is 0 Å². The van der Waals surface area contributed by atoms with E-state index in [2.05, 4.69) is 20.4 Å². The molecule has 12 heteroatoms. The summed E-state index contributed by atoms with van der Waals surface area (Å²) in [6, 6.07) is 9.24. The summed E-state index contributed by atoms with van der Waals surface area (Å²) < 4.78 is 11.0. The Morgan fingerprint density at radius 3 is 1.91 bits per heavy atom. The third-order valence-electron chi connectivity index (χ3n) is 5.48. The number of carbonyl (C=O) groups excluding carboxylic acids is 1. The van der Waals surface area contributed by atoms with Crippen molar-refractivity contribution in [2.24, 2.45) is 0 Å². The number of benzene rings is 2. The van der Waals surface area contributed by atoms with Crippen molar-refractivity contribution in [3.8, 4) is 11.5 Å². The van der Waals surface area contributed by atoms with E-state index in [9.17, 15) is 14.4 Å². The Bertz CT molecular complexity index is 1450. The molecule has 35 heavy (non-hydrogen) atoms. The van der Waals surface area contributed by atoms with Gasteiger partial charge in [-0.3, -0.25) is 19.8 Å². The predicted octanol–water partition coefficient (Wildman–Crippen LogP) is 4.47. The number of rotatable bonds is 6. The number of H-pyrrole nitrogens is 4. The molecule has 4 rings (SSSR count). The minimum atomic E-state index is -0.710. The predicted molar refractivity (Wildman–Crippen MR) is 135 cm³/mol. The highest BCUT2D eigenvalue weighted by molar-refractivity contribution is 6.42. The van der Waals surface area contributed by atoms with Gasteiger partial charge >= 0.3 is 5.97 Å². The van der Waals surface area contributed by atoms with Crippen LogP contribution in [0.3, 0.4) is 0 Å². The van der Waals surface area contributed by atoms with E-state index in [1.54, 1.807) is 32.0 Å². The lowest BCUT2D eigenvalue weighted by Crippen LogP contribution is -2.20. The van der Waals surface area contributed by atoms with Crippen LogP contribution in [0.25, 0.3) is 0 Å². The fraction of sp³-hybridized carbons (Fsp3) is 0.174. The fourth-order valence-electron chi connectivity index (χ4n) is 3.81. The van der Waals surface area contributed by atoms with Crippen molar-refractivity contribution in [3.05, 3.63) is 101 Å². The molecule has 184 valence electrons. The van der Waals surface area contributed by atoms with Crippen LogP contribution in [0.1, 0.15) is 44.4 Å². The van der Waals surface area contributed by atoms with E-state index < -0.39 is 11.9 Å². The third-order valence-corrected chi connectivity index (χ3v) is 6.22. The van der Waals surface area contributed by atoms with Gasteiger partial charge in [-0.25, -0.2) is 4.79 Å². The van der Waals surface area contributed by atoms with Crippen molar-refractivity contribution in [2.75, 3.05) is 7.11 Å². The Morgan fingerprint density at radius 1 is 0.829 bits per heavy atom. The summed E-state index contributed by atoms with van der Waals surface area (Å²) in [5, 5.41) is 11.3. The summed E-state index contributed by atoms with van der Waals surface area (Å²) >= 11 is 11.9. The van der Waals surface area contributed by atoms with Gasteiger partial charge in [0.15, 0.2) is 11.5 Å². The highest BCUT2D eigenvalue weighted by atomic mass is 35.5. The molecule has 0 aliphatic rings. The van der Waals surface area contributed by atoms with Crippen LogP contribution in [0, 0.1) is 13.8 Å². The zero-order chi connectivity index (χ0) is 24.6. The molecule has 4 N–H and O–H groups in total. The van der Waals surface area contributed by atoms with E-state index in [1.807, 2.05) is 0 Å². The number of aromatic nitrogens is 4. The first-order valence-corrected chi connectivity index (χ1v) is 10.9. The van der Waals surface area contributed by atoms with Crippen molar-refractivity contribution < 1.29 is 14.3 Å². The molecule has 2 aromatic heterocycles. The van der Waals surface area contributed by atoms with E-state index >= 15 is 0 Å². The molecule has 0 bridgehead atoms. The zero-order valence-electron chi connectivity index (χ0n) is 18.7. The van der Waals surface area contributed by atoms with Crippen LogP contribution in [0.2, 0.25) is 10.0 Å². The van der Waals surface area contributed by atoms with Crippen LogP contribution < -0.4 is 20.6 Å². The number of esters is 1. The smallest absolute Gasteiger partial charge is 0.343 e. The van der Waals surface area contributed by atoms with Crippen LogP contribution >= 0.6 is 35.6 Å². The molecule has 2 aromatic carbocycles. The van der Waals surface area contributed by atoms with Crippen LogP contribution in [-0.4, -0.2) is 33.5 Å². The molecule has 0 aliphatic carbocycles. The van der Waals surface area contributed by atoms with Crippen molar-refractivity contribution in [1.82, 2.24) is 20.4 Å². The molecule has 0 unspecified atom stereocenters. The van der Waals surface area contributed by atoms with E-state index in [-0.39, 0.29) is 45.6 Å². The topological polar surface area (TPSA) is 133 Å². The first-order valence-electron chi connectivity index (χ1n) is 10.1. The Balaban J connectivity index is 0.00000342. The van der Waals surface area contributed by atoms with Gasteiger partial charge in [0, 0.05) is 17.3 Å². The minimum absolute atomic E-state index is 0. The van der Waals surface area contributed by atoms with Crippen LogP contribution in [0.4, 0.5) is 0 Å². The summed E-state index contributed by atoms with van der Waals surface area (Å²) in [6.07, 6.45) is 0. The molecule has 9 nitrogen and oxygen atoms in total. The number of methoxy groups -OCH3 is 1. The molecule has 0 spiro atoms. The maximum absolute atomic E-state index is 12.6. The molecule has 0 fully saturated rings. The SMILES string of the molecule is COc1cc(C(c2c(C)[nH][nH]c2=O)c2c(C)[nH][nH]c2=O)ccc1OC(=O)c1ccc(Cl)c(Cl)c1.Cl. The van der Waals surface area contributed by atoms with Gasteiger partial charge in [0.25, 0.3) is 11.1 Å². The number of ether oxygens (including phenoxy) is 2. The van der Waals surface area contributed by atoms with Gasteiger partial charge < -0.3 is 19.7 Å². The van der Waals surface area contributed by atoms with E-state index in [0.29, 0.717) is 33.1 Å². The molecule has 0 amide bonds. The highest BCUT2D eigenvalue weighted by Crippen LogP contribution is 2.37. The monoisotopic (exact) mass is 538 g/mol. The summed E-state index contributed by atoms with van der Waals surface area (Å²) in [7, 11) is 1.42. The lowest BCUT2D eigenvalue weighted by atomic mass is 9.85. The molecule has 2 heterocycles. The molecule has 0 aliphatic heterocycles.